The van der Waals surface area contributed by atoms with Crippen LogP contribution in [0.3, 0.4) is 0 Å². The topological polar surface area (TPSA) is 29.1 Å². The Hall–Kier alpha value is -1.29. The molecule has 2 rings (SSSR count). The minimum atomic E-state index is -0.550. The van der Waals surface area contributed by atoms with Crippen molar-refractivity contribution in [3.05, 3.63) is 62.8 Å². The van der Waals surface area contributed by atoms with E-state index in [1.165, 1.54) is 36.4 Å². The number of carbonyl (C=O) groups excluding carboxylic acids is 1. The van der Waals surface area contributed by atoms with Crippen molar-refractivity contribution in [2.24, 2.45) is 0 Å². The molecular formula is C13H7Cl3FNO. The molecule has 0 aliphatic carbocycles. The third-order valence-electron chi connectivity index (χ3n) is 2.30. The first kappa shape index (κ1) is 14.1. The Kier molecular flexibility index (Phi) is 4.30. The molecule has 0 bridgehead atoms. The average Bonchev–Trinajstić information content (AvgIpc) is 2.32. The van der Waals surface area contributed by atoms with E-state index in [0.717, 1.165) is 0 Å². The fraction of sp³-hybridized carbons (Fsp3) is 0. The first-order valence-corrected chi connectivity index (χ1v) is 6.31. The molecule has 2 nitrogen and oxygen atoms in total. The molecular weight excluding hydrogens is 312 g/mol. The minimum absolute atomic E-state index is 0.0677. The second-order valence-electron chi connectivity index (χ2n) is 3.74. The van der Waals surface area contributed by atoms with Crippen LogP contribution in [0.4, 0.5) is 10.1 Å². The Bertz CT molecular complexity index is 626. The van der Waals surface area contributed by atoms with Gasteiger partial charge in [0.15, 0.2) is 0 Å². The maximum atomic E-state index is 13.0. The van der Waals surface area contributed by atoms with E-state index in [1.54, 1.807) is 0 Å². The average molecular weight is 319 g/mol. The summed E-state index contributed by atoms with van der Waals surface area (Å²) in [5.74, 6) is -0.961. The van der Waals surface area contributed by atoms with Gasteiger partial charge in [-0.3, -0.25) is 4.79 Å². The summed E-state index contributed by atoms with van der Waals surface area (Å²) in [4.78, 5) is 11.9. The van der Waals surface area contributed by atoms with Crippen LogP contribution in [-0.2, 0) is 0 Å². The van der Waals surface area contributed by atoms with Crippen LogP contribution in [0.2, 0.25) is 15.1 Å². The second-order valence-corrected chi connectivity index (χ2v) is 5.02. The lowest BCUT2D eigenvalue weighted by molar-refractivity contribution is 0.102. The van der Waals surface area contributed by atoms with Crippen molar-refractivity contribution in [3.63, 3.8) is 0 Å². The van der Waals surface area contributed by atoms with E-state index in [9.17, 15) is 9.18 Å². The van der Waals surface area contributed by atoms with Crippen LogP contribution in [0, 0.1) is 5.82 Å². The molecule has 0 spiro atoms. The number of benzene rings is 2. The normalized spacial score (nSPS) is 10.3. The fourth-order valence-electron chi connectivity index (χ4n) is 1.46. The van der Waals surface area contributed by atoms with Gasteiger partial charge in [0, 0.05) is 21.3 Å². The SMILES string of the molecule is O=C(Nc1ccc(F)c(Cl)c1)c1cc(Cl)cc(Cl)c1. The van der Waals surface area contributed by atoms with E-state index < -0.39 is 11.7 Å². The van der Waals surface area contributed by atoms with Crippen LogP contribution in [0.25, 0.3) is 0 Å². The molecule has 0 unspecified atom stereocenters. The van der Waals surface area contributed by atoms with Crippen LogP contribution in [0.1, 0.15) is 10.4 Å². The highest BCUT2D eigenvalue weighted by molar-refractivity contribution is 6.35. The quantitative estimate of drug-likeness (QED) is 0.826. The monoisotopic (exact) mass is 317 g/mol. The summed E-state index contributed by atoms with van der Waals surface area (Å²) in [5, 5.41) is 3.22. The predicted molar refractivity (Wildman–Crippen MR) is 75.8 cm³/mol. The first-order valence-electron chi connectivity index (χ1n) is 5.18. The van der Waals surface area contributed by atoms with Gasteiger partial charge < -0.3 is 5.32 Å². The maximum absolute atomic E-state index is 13.0. The lowest BCUT2D eigenvalue weighted by Gasteiger charge is -2.07. The number of rotatable bonds is 2. The van der Waals surface area contributed by atoms with Crippen LogP contribution < -0.4 is 5.32 Å². The highest BCUT2D eigenvalue weighted by Crippen LogP contribution is 2.22. The molecule has 0 aliphatic heterocycles. The van der Waals surface area contributed by atoms with Crippen LogP contribution in [-0.4, -0.2) is 5.91 Å². The Morgan fingerprint density at radius 3 is 2.21 bits per heavy atom. The number of halogens is 4. The van der Waals surface area contributed by atoms with Crippen molar-refractivity contribution in [2.75, 3.05) is 5.32 Å². The molecule has 1 N–H and O–H groups in total. The Morgan fingerprint density at radius 1 is 1.00 bits per heavy atom. The summed E-state index contributed by atoms with van der Waals surface area (Å²) >= 11 is 17.2. The zero-order chi connectivity index (χ0) is 14.0. The fourth-order valence-corrected chi connectivity index (χ4v) is 2.17. The molecule has 6 heteroatoms. The molecule has 2 aromatic carbocycles. The third kappa shape index (κ3) is 3.60. The molecule has 19 heavy (non-hydrogen) atoms. The van der Waals surface area contributed by atoms with E-state index in [2.05, 4.69) is 5.32 Å². The van der Waals surface area contributed by atoms with Crippen molar-refractivity contribution in [2.45, 2.75) is 0 Å². The van der Waals surface area contributed by atoms with Gasteiger partial charge >= 0.3 is 0 Å². The minimum Gasteiger partial charge on any atom is -0.322 e. The van der Waals surface area contributed by atoms with Crippen molar-refractivity contribution in [3.8, 4) is 0 Å². The summed E-state index contributed by atoms with van der Waals surface area (Å²) in [6.45, 7) is 0. The van der Waals surface area contributed by atoms with E-state index in [-0.39, 0.29) is 5.02 Å². The number of amides is 1. The van der Waals surface area contributed by atoms with Gasteiger partial charge in [-0.2, -0.15) is 0 Å². The molecule has 0 heterocycles. The van der Waals surface area contributed by atoms with Gasteiger partial charge in [0.05, 0.1) is 5.02 Å². The van der Waals surface area contributed by atoms with Crippen molar-refractivity contribution in [1.82, 2.24) is 0 Å². The Balaban J connectivity index is 2.22. The highest BCUT2D eigenvalue weighted by Gasteiger charge is 2.09. The number of anilines is 1. The molecule has 98 valence electrons. The van der Waals surface area contributed by atoms with E-state index in [4.69, 9.17) is 34.8 Å². The molecule has 0 saturated carbocycles. The van der Waals surface area contributed by atoms with Crippen LogP contribution in [0.15, 0.2) is 36.4 Å². The summed E-state index contributed by atoms with van der Waals surface area (Å²) in [6, 6.07) is 8.38. The first-order chi connectivity index (χ1) is 8.95. The van der Waals surface area contributed by atoms with Gasteiger partial charge in [-0.05, 0) is 36.4 Å². The summed E-state index contributed by atoms with van der Waals surface area (Å²) in [6.07, 6.45) is 0. The van der Waals surface area contributed by atoms with E-state index in [0.29, 0.717) is 21.3 Å². The van der Waals surface area contributed by atoms with Crippen molar-refractivity contribution in [1.29, 1.82) is 0 Å². The number of hydrogen-bond acceptors (Lipinski definition) is 1. The zero-order valence-electron chi connectivity index (χ0n) is 9.38. The maximum Gasteiger partial charge on any atom is 0.255 e. The molecule has 0 aliphatic rings. The predicted octanol–water partition coefficient (Wildman–Crippen LogP) is 5.04. The van der Waals surface area contributed by atoms with Crippen molar-refractivity contribution < 1.29 is 9.18 Å². The zero-order valence-corrected chi connectivity index (χ0v) is 11.7. The summed E-state index contributed by atoms with van der Waals surface area (Å²) in [5.41, 5.74) is 0.686. The van der Waals surface area contributed by atoms with Gasteiger partial charge in [-0.25, -0.2) is 4.39 Å². The molecule has 0 atom stereocenters. The third-order valence-corrected chi connectivity index (χ3v) is 3.03. The van der Waals surface area contributed by atoms with Gasteiger partial charge in [-0.15, -0.1) is 0 Å². The highest BCUT2D eigenvalue weighted by atomic mass is 35.5. The Morgan fingerprint density at radius 2 is 1.63 bits per heavy atom. The van der Waals surface area contributed by atoms with Gasteiger partial charge in [0.25, 0.3) is 5.91 Å². The smallest absolute Gasteiger partial charge is 0.255 e. The van der Waals surface area contributed by atoms with E-state index in [1.807, 2.05) is 0 Å². The van der Waals surface area contributed by atoms with Crippen molar-refractivity contribution >= 4 is 46.4 Å². The molecule has 2 aromatic rings. The lowest BCUT2D eigenvalue weighted by Crippen LogP contribution is -2.11. The largest absolute Gasteiger partial charge is 0.322 e. The van der Waals surface area contributed by atoms with Crippen LogP contribution >= 0.6 is 34.8 Å². The molecule has 0 saturated heterocycles. The second kappa shape index (κ2) is 5.78. The number of hydrogen-bond donors (Lipinski definition) is 1. The summed E-state index contributed by atoms with van der Waals surface area (Å²) in [7, 11) is 0. The summed E-state index contributed by atoms with van der Waals surface area (Å²) < 4.78 is 13.0. The molecule has 0 fully saturated rings. The molecule has 1 amide bonds. The van der Waals surface area contributed by atoms with Crippen LogP contribution in [0.5, 0.6) is 0 Å². The Labute approximate surface area is 124 Å². The van der Waals surface area contributed by atoms with Gasteiger partial charge in [0.1, 0.15) is 5.82 Å². The number of carbonyl (C=O) groups is 1. The molecule has 0 aromatic heterocycles. The van der Waals surface area contributed by atoms with Gasteiger partial charge in [-0.1, -0.05) is 34.8 Å². The standard InChI is InChI=1S/C13H7Cl3FNO/c14-8-3-7(4-9(15)5-8)13(19)18-10-1-2-12(17)11(16)6-10/h1-6H,(H,18,19). The lowest BCUT2D eigenvalue weighted by atomic mass is 10.2. The molecule has 0 radical (unpaired) electrons. The number of nitrogens with one attached hydrogen (secondary N) is 1. The van der Waals surface area contributed by atoms with E-state index >= 15 is 0 Å². The van der Waals surface area contributed by atoms with Gasteiger partial charge in [0.2, 0.25) is 0 Å².